The molecule has 0 saturated heterocycles. The van der Waals surface area contributed by atoms with Crippen LogP contribution in [0.1, 0.15) is 12.5 Å². The smallest absolute Gasteiger partial charge is 0.135 e. The number of phenols is 1. The van der Waals surface area contributed by atoms with Gasteiger partial charge >= 0.3 is 0 Å². The highest BCUT2D eigenvalue weighted by atomic mass is 79.9. The third kappa shape index (κ3) is 4.38. The van der Waals surface area contributed by atoms with Crippen LogP contribution in [0.5, 0.6) is 11.5 Å². The standard InChI is InChI=1S/C16H17Br2NO2/c1-10(7-11-3-5-12(20)6-4-11)19-15-9-16(21-2)14(18)8-13(15)17/h3-6,8-10,19-20H,7H2,1-2H3. The number of phenolic OH excluding ortho intramolecular Hbond substituents is 1. The normalized spacial score (nSPS) is 12.0. The Kier molecular flexibility index (Phi) is 5.53. The summed E-state index contributed by atoms with van der Waals surface area (Å²) in [7, 11) is 1.65. The van der Waals surface area contributed by atoms with Gasteiger partial charge in [0.25, 0.3) is 0 Å². The molecule has 5 heteroatoms. The Hall–Kier alpha value is -1.20. The van der Waals surface area contributed by atoms with Gasteiger partial charge in [-0.25, -0.2) is 0 Å². The number of benzene rings is 2. The van der Waals surface area contributed by atoms with E-state index in [4.69, 9.17) is 4.74 Å². The van der Waals surface area contributed by atoms with Gasteiger partial charge in [-0.1, -0.05) is 12.1 Å². The molecule has 0 bridgehead atoms. The van der Waals surface area contributed by atoms with Crippen molar-refractivity contribution in [2.24, 2.45) is 0 Å². The average Bonchev–Trinajstić information content (AvgIpc) is 2.44. The molecule has 0 saturated carbocycles. The maximum absolute atomic E-state index is 9.31. The topological polar surface area (TPSA) is 41.5 Å². The summed E-state index contributed by atoms with van der Waals surface area (Å²) < 4.78 is 7.21. The quantitative estimate of drug-likeness (QED) is 0.725. The van der Waals surface area contributed by atoms with E-state index in [-0.39, 0.29) is 6.04 Å². The molecule has 0 amide bonds. The predicted molar refractivity (Wildman–Crippen MR) is 93.3 cm³/mol. The Morgan fingerprint density at radius 3 is 2.43 bits per heavy atom. The van der Waals surface area contributed by atoms with Crippen molar-refractivity contribution in [1.82, 2.24) is 0 Å². The Morgan fingerprint density at radius 1 is 1.14 bits per heavy atom. The van der Waals surface area contributed by atoms with Gasteiger partial charge in [0, 0.05) is 16.6 Å². The molecule has 0 spiro atoms. The molecule has 2 aromatic rings. The molecule has 0 aliphatic heterocycles. The van der Waals surface area contributed by atoms with Crippen LogP contribution >= 0.6 is 31.9 Å². The molecule has 112 valence electrons. The molecule has 2 rings (SSSR count). The lowest BCUT2D eigenvalue weighted by atomic mass is 10.1. The minimum Gasteiger partial charge on any atom is -0.508 e. The average molecular weight is 415 g/mol. The number of aromatic hydroxyl groups is 1. The fourth-order valence-electron chi connectivity index (χ4n) is 2.10. The SMILES string of the molecule is COc1cc(NC(C)Cc2ccc(O)cc2)c(Br)cc1Br. The second-order valence-corrected chi connectivity index (χ2v) is 6.59. The van der Waals surface area contributed by atoms with E-state index in [1.807, 2.05) is 24.3 Å². The molecule has 1 unspecified atom stereocenters. The van der Waals surface area contributed by atoms with Crippen molar-refractivity contribution in [3.63, 3.8) is 0 Å². The summed E-state index contributed by atoms with van der Waals surface area (Å²) in [4.78, 5) is 0. The van der Waals surface area contributed by atoms with Gasteiger partial charge in [-0.3, -0.25) is 0 Å². The third-order valence-corrected chi connectivity index (χ3v) is 4.40. The molecule has 0 aliphatic carbocycles. The van der Waals surface area contributed by atoms with E-state index in [9.17, 15) is 5.11 Å². The van der Waals surface area contributed by atoms with Crippen LogP contribution in [0.3, 0.4) is 0 Å². The number of halogens is 2. The molecule has 2 aromatic carbocycles. The lowest BCUT2D eigenvalue weighted by molar-refractivity contribution is 0.412. The fraction of sp³-hybridized carbons (Fsp3) is 0.250. The van der Waals surface area contributed by atoms with Gasteiger partial charge in [-0.05, 0) is 69.0 Å². The summed E-state index contributed by atoms with van der Waals surface area (Å²) in [5, 5.41) is 12.8. The number of hydrogen-bond donors (Lipinski definition) is 2. The zero-order valence-electron chi connectivity index (χ0n) is 11.9. The summed E-state index contributed by atoms with van der Waals surface area (Å²) in [5.74, 6) is 1.08. The second-order valence-electron chi connectivity index (χ2n) is 4.88. The van der Waals surface area contributed by atoms with E-state index in [1.165, 1.54) is 5.56 Å². The lowest BCUT2D eigenvalue weighted by Gasteiger charge is -2.18. The maximum atomic E-state index is 9.31. The minimum absolute atomic E-state index is 0.247. The van der Waals surface area contributed by atoms with Crippen molar-refractivity contribution in [3.8, 4) is 11.5 Å². The highest BCUT2D eigenvalue weighted by Gasteiger charge is 2.10. The van der Waals surface area contributed by atoms with E-state index < -0.39 is 0 Å². The monoisotopic (exact) mass is 413 g/mol. The van der Waals surface area contributed by atoms with Gasteiger partial charge in [0.2, 0.25) is 0 Å². The van der Waals surface area contributed by atoms with Gasteiger partial charge < -0.3 is 15.2 Å². The van der Waals surface area contributed by atoms with Crippen molar-refractivity contribution in [1.29, 1.82) is 0 Å². The molecule has 3 nitrogen and oxygen atoms in total. The van der Waals surface area contributed by atoms with E-state index in [0.717, 1.165) is 26.8 Å². The highest BCUT2D eigenvalue weighted by molar-refractivity contribution is 9.11. The van der Waals surface area contributed by atoms with Crippen LogP contribution in [0.2, 0.25) is 0 Å². The number of rotatable bonds is 5. The first kappa shape index (κ1) is 16.2. The zero-order chi connectivity index (χ0) is 15.4. The van der Waals surface area contributed by atoms with Gasteiger partial charge in [0.1, 0.15) is 11.5 Å². The third-order valence-electron chi connectivity index (χ3n) is 3.12. The molecular formula is C16H17Br2NO2. The molecule has 0 aliphatic rings. The number of anilines is 1. The van der Waals surface area contributed by atoms with E-state index in [1.54, 1.807) is 19.2 Å². The van der Waals surface area contributed by atoms with Gasteiger partial charge in [0.05, 0.1) is 17.3 Å². The van der Waals surface area contributed by atoms with Crippen molar-refractivity contribution >= 4 is 37.5 Å². The van der Waals surface area contributed by atoms with Crippen LogP contribution in [0, 0.1) is 0 Å². The van der Waals surface area contributed by atoms with Crippen LogP contribution < -0.4 is 10.1 Å². The van der Waals surface area contributed by atoms with Crippen LogP contribution in [0.15, 0.2) is 45.3 Å². The van der Waals surface area contributed by atoms with Gasteiger partial charge in [-0.2, -0.15) is 0 Å². The number of methoxy groups -OCH3 is 1. The van der Waals surface area contributed by atoms with Crippen LogP contribution in [0.25, 0.3) is 0 Å². The molecule has 1 atom stereocenters. The van der Waals surface area contributed by atoms with Crippen molar-refractivity contribution < 1.29 is 9.84 Å². The van der Waals surface area contributed by atoms with E-state index in [0.29, 0.717) is 5.75 Å². The number of ether oxygens (including phenoxy) is 1. The minimum atomic E-state index is 0.247. The summed E-state index contributed by atoms with van der Waals surface area (Å²) in [6.45, 7) is 2.12. The van der Waals surface area contributed by atoms with Gasteiger partial charge in [-0.15, -0.1) is 0 Å². The zero-order valence-corrected chi connectivity index (χ0v) is 15.0. The molecule has 0 heterocycles. The molecular weight excluding hydrogens is 398 g/mol. The Balaban J connectivity index is 2.08. The molecule has 0 aromatic heterocycles. The van der Waals surface area contributed by atoms with Crippen LogP contribution in [-0.2, 0) is 6.42 Å². The van der Waals surface area contributed by atoms with Crippen LogP contribution in [-0.4, -0.2) is 18.3 Å². The molecule has 21 heavy (non-hydrogen) atoms. The lowest BCUT2D eigenvalue weighted by Crippen LogP contribution is -2.18. The first-order valence-corrected chi connectivity index (χ1v) is 8.15. The van der Waals surface area contributed by atoms with E-state index >= 15 is 0 Å². The number of nitrogens with one attached hydrogen (secondary N) is 1. The second kappa shape index (κ2) is 7.18. The van der Waals surface area contributed by atoms with E-state index in [2.05, 4.69) is 44.1 Å². The summed E-state index contributed by atoms with van der Waals surface area (Å²) in [5.41, 5.74) is 2.16. The fourth-order valence-corrected chi connectivity index (χ4v) is 3.37. The molecule has 0 radical (unpaired) electrons. The molecule has 0 fully saturated rings. The maximum Gasteiger partial charge on any atom is 0.135 e. The largest absolute Gasteiger partial charge is 0.508 e. The van der Waals surface area contributed by atoms with Crippen molar-refractivity contribution in [2.45, 2.75) is 19.4 Å². The summed E-state index contributed by atoms with van der Waals surface area (Å²) in [6.07, 6.45) is 0.866. The summed E-state index contributed by atoms with van der Waals surface area (Å²) in [6, 6.07) is 11.5. The number of hydrogen-bond acceptors (Lipinski definition) is 3. The predicted octanol–water partition coefficient (Wildman–Crippen LogP) is 4.97. The Morgan fingerprint density at radius 2 is 1.81 bits per heavy atom. The highest BCUT2D eigenvalue weighted by Crippen LogP contribution is 2.35. The van der Waals surface area contributed by atoms with Crippen molar-refractivity contribution in [2.75, 3.05) is 12.4 Å². The van der Waals surface area contributed by atoms with Crippen molar-refractivity contribution in [3.05, 3.63) is 50.9 Å². The van der Waals surface area contributed by atoms with Crippen LogP contribution in [0.4, 0.5) is 5.69 Å². The Bertz CT molecular complexity index is 614. The summed E-state index contributed by atoms with van der Waals surface area (Å²) >= 11 is 7.01. The Labute approximate surface area is 141 Å². The first-order valence-electron chi connectivity index (χ1n) is 6.57. The molecule has 2 N–H and O–H groups in total. The van der Waals surface area contributed by atoms with Gasteiger partial charge in [0.15, 0.2) is 0 Å². The first-order chi connectivity index (χ1) is 9.99.